The highest BCUT2D eigenvalue weighted by atomic mass is 16.5. The van der Waals surface area contributed by atoms with Crippen molar-refractivity contribution in [1.29, 1.82) is 0 Å². The topological polar surface area (TPSA) is 100 Å². The zero-order valence-electron chi connectivity index (χ0n) is 15.6. The number of benzene rings is 2. The number of phenols is 1. The van der Waals surface area contributed by atoms with Crippen LogP contribution in [0.25, 0.3) is 0 Å². The number of hydrogen-bond donors (Lipinski definition) is 3. The minimum Gasteiger partial charge on any atom is -0.507 e. The van der Waals surface area contributed by atoms with Crippen LogP contribution in [-0.4, -0.2) is 29.7 Å². The molecule has 2 rings (SSSR count). The van der Waals surface area contributed by atoms with Crippen LogP contribution in [-0.2, 0) is 11.3 Å². The molecule has 2 amide bonds. The fourth-order valence-corrected chi connectivity index (χ4v) is 2.43. The molecule has 7 heteroatoms. The Bertz CT molecular complexity index is 862. The molecule has 3 N–H and O–H groups in total. The van der Waals surface area contributed by atoms with Crippen molar-refractivity contribution in [2.24, 2.45) is 5.10 Å². The summed E-state index contributed by atoms with van der Waals surface area (Å²) < 4.78 is 5.24. The van der Waals surface area contributed by atoms with E-state index in [1.807, 2.05) is 24.3 Å². The van der Waals surface area contributed by atoms with Gasteiger partial charge in [-0.3, -0.25) is 9.59 Å². The summed E-state index contributed by atoms with van der Waals surface area (Å²) in [4.78, 5) is 24.2. The van der Waals surface area contributed by atoms with Crippen LogP contribution in [0.5, 0.6) is 11.5 Å². The van der Waals surface area contributed by atoms with Gasteiger partial charge < -0.3 is 15.2 Å². The van der Waals surface area contributed by atoms with E-state index in [0.29, 0.717) is 23.6 Å². The number of nitrogens with zero attached hydrogens (tertiary/aromatic N) is 1. The number of para-hydroxylation sites is 2. The normalized spacial score (nSPS) is 11.0. The Morgan fingerprint density at radius 3 is 2.63 bits per heavy atom. The summed E-state index contributed by atoms with van der Waals surface area (Å²) >= 11 is 0. The van der Waals surface area contributed by atoms with E-state index in [1.165, 1.54) is 6.07 Å². The van der Waals surface area contributed by atoms with Gasteiger partial charge in [-0.2, -0.15) is 5.10 Å². The van der Waals surface area contributed by atoms with E-state index in [1.54, 1.807) is 33.1 Å². The zero-order chi connectivity index (χ0) is 19.8. The van der Waals surface area contributed by atoms with Crippen LogP contribution < -0.4 is 15.5 Å². The molecule has 0 aliphatic heterocycles. The first-order chi connectivity index (χ1) is 12.9. The largest absolute Gasteiger partial charge is 0.507 e. The monoisotopic (exact) mass is 369 g/mol. The fourth-order valence-electron chi connectivity index (χ4n) is 2.43. The molecular weight excluding hydrogens is 346 g/mol. The number of hydrogen-bond acceptors (Lipinski definition) is 5. The van der Waals surface area contributed by atoms with Gasteiger partial charge in [0.15, 0.2) is 0 Å². The van der Waals surface area contributed by atoms with Crippen molar-refractivity contribution in [1.82, 2.24) is 10.7 Å². The van der Waals surface area contributed by atoms with E-state index in [4.69, 9.17) is 4.74 Å². The molecule has 0 spiro atoms. The molecule has 2 aromatic rings. The molecule has 27 heavy (non-hydrogen) atoms. The third-order valence-corrected chi connectivity index (χ3v) is 3.92. The highest BCUT2D eigenvalue weighted by Gasteiger charge is 2.12. The van der Waals surface area contributed by atoms with Gasteiger partial charge in [-0.1, -0.05) is 30.3 Å². The molecule has 0 heterocycles. The molecule has 0 atom stereocenters. The second kappa shape index (κ2) is 9.38. The Labute approximate surface area is 158 Å². The van der Waals surface area contributed by atoms with Crippen LogP contribution in [0.1, 0.15) is 34.8 Å². The van der Waals surface area contributed by atoms with E-state index in [-0.39, 0.29) is 23.6 Å². The molecule has 0 fully saturated rings. The first-order valence-corrected chi connectivity index (χ1v) is 8.43. The minimum atomic E-state index is -0.537. The van der Waals surface area contributed by atoms with Gasteiger partial charge in [0.25, 0.3) is 5.91 Å². The maximum absolute atomic E-state index is 12.1. The number of methoxy groups -OCH3 is 1. The van der Waals surface area contributed by atoms with Crippen LogP contribution in [0.3, 0.4) is 0 Å². The number of carbonyl (C=O) groups excluding carboxylic acids is 2. The van der Waals surface area contributed by atoms with E-state index in [2.05, 4.69) is 15.8 Å². The van der Waals surface area contributed by atoms with Crippen molar-refractivity contribution in [2.75, 3.05) is 7.11 Å². The smallest absolute Gasteiger partial charge is 0.275 e. The molecule has 0 aliphatic carbocycles. The predicted octanol–water partition coefficient (Wildman–Crippen LogP) is 2.52. The third kappa shape index (κ3) is 5.57. The second-order valence-electron chi connectivity index (χ2n) is 6.02. The van der Waals surface area contributed by atoms with Crippen molar-refractivity contribution >= 4 is 17.5 Å². The van der Waals surface area contributed by atoms with Gasteiger partial charge in [0.2, 0.25) is 5.91 Å². The average Bonchev–Trinajstić information content (AvgIpc) is 2.66. The van der Waals surface area contributed by atoms with Crippen LogP contribution in [0.15, 0.2) is 47.6 Å². The average molecular weight is 369 g/mol. The molecule has 142 valence electrons. The predicted molar refractivity (Wildman–Crippen MR) is 103 cm³/mol. The number of aryl methyl sites for hydroxylation is 1. The van der Waals surface area contributed by atoms with Gasteiger partial charge in [-0.15, -0.1) is 0 Å². The summed E-state index contributed by atoms with van der Waals surface area (Å²) in [5.74, 6) is -0.148. The summed E-state index contributed by atoms with van der Waals surface area (Å²) in [6.45, 7) is 3.67. The second-order valence-corrected chi connectivity index (χ2v) is 6.02. The van der Waals surface area contributed by atoms with Gasteiger partial charge in [-0.25, -0.2) is 5.43 Å². The fraction of sp³-hybridized carbons (Fsp3) is 0.250. The summed E-state index contributed by atoms with van der Waals surface area (Å²) in [6.07, 6.45) is 0.0369. The molecule has 0 saturated heterocycles. The Kier molecular flexibility index (Phi) is 6.93. The molecule has 0 radical (unpaired) electrons. The third-order valence-electron chi connectivity index (χ3n) is 3.92. The molecule has 0 bridgehead atoms. The Hall–Kier alpha value is -3.35. The first-order valence-electron chi connectivity index (χ1n) is 8.43. The molecule has 0 saturated carbocycles. The lowest BCUT2D eigenvalue weighted by molar-refractivity contribution is -0.120. The number of carbonyl (C=O) groups is 2. The highest BCUT2D eigenvalue weighted by molar-refractivity contribution is 6.01. The number of rotatable bonds is 7. The number of aromatic hydroxyl groups is 1. The van der Waals surface area contributed by atoms with Crippen molar-refractivity contribution < 1.29 is 19.4 Å². The van der Waals surface area contributed by atoms with E-state index in [9.17, 15) is 14.7 Å². The zero-order valence-corrected chi connectivity index (χ0v) is 15.6. The molecule has 0 aliphatic rings. The van der Waals surface area contributed by atoms with E-state index in [0.717, 1.165) is 5.56 Å². The standard InChI is InChI=1S/C20H23N3O4/c1-13-7-6-9-16(19(13)25)20(26)23-22-14(2)11-18(24)21-12-15-8-4-5-10-17(15)27-3/h4-10,25H,11-12H2,1-3H3,(H,21,24)(H,23,26). The van der Waals surface area contributed by atoms with Crippen molar-refractivity contribution in [2.45, 2.75) is 26.8 Å². The maximum atomic E-state index is 12.1. The van der Waals surface area contributed by atoms with Crippen molar-refractivity contribution in [3.8, 4) is 11.5 Å². The van der Waals surface area contributed by atoms with E-state index >= 15 is 0 Å². The lowest BCUT2D eigenvalue weighted by Crippen LogP contribution is -2.26. The van der Waals surface area contributed by atoms with Crippen LogP contribution in [0, 0.1) is 6.92 Å². The quantitative estimate of drug-likeness (QED) is 0.516. The molecule has 7 nitrogen and oxygen atoms in total. The molecule has 2 aromatic carbocycles. The number of phenolic OH excluding ortho intramolecular Hbond substituents is 1. The summed E-state index contributed by atoms with van der Waals surface area (Å²) in [5, 5.41) is 16.6. The summed E-state index contributed by atoms with van der Waals surface area (Å²) in [6, 6.07) is 12.3. The Morgan fingerprint density at radius 2 is 1.89 bits per heavy atom. The SMILES string of the molecule is COc1ccccc1CNC(=O)CC(C)=NNC(=O)c1cccc(C)c1O. The number of amides is 2. The summed E-state index contributed by atoms with van der Waals surface area (Å²) in [5.41, 5.74) is 4.39. The molecule has 0 aromatic heterocycles. The van der Waals surface area contributed by atoms with Gasteiger partial charge in [0.1, 0.15) is 11.5 Å². The van der Waals surface area contributed by atoms with Crippen LogP contribution in [0.2, 0.25) is 0 Å². The number of hydrazone groups is 1. The molecule has 0 unspecified atom stereocenters. The Balaban J connectivity index is 1.88. The first kappa shape index (κ1) is 20.0. The minimum absolute atomic E-state index is 0.0369. The molecular formula is C20H23N3O4. The lowest BCUT2D eigenvalue weighted by atomic mass is 10.1. The number of nitrogens with one attached hydrogen (secondary N) is 2. The van der Waals surface area contributed by atoms with Crippen LogP contribution in [0.4, 0.5) is 0 Å². The summed E-state index contributed by atoms with van der Waals surface area (Å²) in [7, 11) is 1.58. The van der Waals surface area contributed by atoms with Gasteiger partial charge >= 0.3 is 0 Å². The van der Waals surface area contributed by atoms with Gasteiger partial charge in [-0.05, 0) is 31.5 Å². The highest BCUT2D eigenvalue weighted by Crippen LogP contribution is 2.21. The van der Waals surface area contributed by atoms with Gasteiger partial charge in [0.05, 0.1) is 19.1 Å². The van der Waals surface area contributed by atoms with Gasteiger partial charge in [0, 0.05) is 17.8 Å². The van der Waals surface area contributed by atoms with Crippen molar-refractivity contribution in [3.63, 3.8) is 0 Å². The van der Waals surface area contributed by atoms with E-state index < -0.39 is 5.91 Å². The lowest BCUT2D eigenvalue weighted by Gasteiger charge is -2.09. The van der Waals surface area contributed by atoms with Crippen molar-refractivity contribution in [3.05, 3.63) is 59.2 Å². The Morgan fingerprint density at radius 1 is 1.15 bits per heavy atom. The number of ether oxygens (including phenoxy) is 1. The maximum Gasteiger partial charge on any atom is 0.275 e. The van der Waals surface area contributed by atoms with Crippen LogP contribution >= 0.6 is 0 Å².